The molecule has 40 heavy (non-hydrogen) atoms. The van der Waals surface area contributed by atoms with Gasteiger partial charge < -0.3 is 14.1 Å². The third-order valence-electron chi connectivity index (χ3n) is 6.79. The number of aromatic nitrogens is 2. The number of likely N-dealkylation sites (tertiary alicyclic amines) is 1. The molecular weight excluding hydrogens is 575 g/mol. The Kier molecular flexibility index (Phi) is 8.30. The number of anilines is 1. The molecule has 0 atom stereocenters. The predicted octanol–water partition coefficient (Wildman–Crippen LogP) is 5.91. The van der Waals surface area contributed by atoms with Crippen LogP contribution >= 0.6 is 23.2 Å². The Morgan fingerprint density at radius 3 is 2.40 bits per heavy atom. The van der Waals surface area contributed by atoms with E-state index < -0.39 is 10.1 Å². The molecule has 5 rings (SSSR count). The topological polar surface area (TPSA) is 121 Å². The van der Waals surface area contributed by atoms with E-state index >= 15 is 0 Å². The number of fused-ring (bicyclic) bond motifs is 1. The number of nitrogens with zero attached hydrogens (tertiary/aromatic N) is 2. The van der Waals surface area contributed by atoms with Crippen molar-refractivity contribution >= 4 is 62.1 Å². The van der Waals surface area contributed by atoms with Gasteiger partial charge in [-0.3, -0.25) is 14.9 Å². The molecule has 1 fully saturated rings. The number of imidazole rings is 1. The van der Waals surface area contributed by atoms with Gasteiger partial charge in [-0.05, 0) is 61.6 Å². The van der Waals surface area contributed by atoms with Gasteiger partial charge >= 0.3 is 10.1 Å². The van der Waals surface area contributed by atoms with E-state index in [1.165, 1.54) is 30.3 Å². The Hall–Kier alpha value is -3.60. The van der Waals surface area contributed by atoms with Crippen molar-refractivity contribution in [3.05, 3.63) is 82.3 Å². The van der Waals surface area contributed by atoms with Crippen LogP contribution in [0.1, 0.15) is 36.0 Å². The summed E-state index contributed by atoms with van der Waals surface area (Å²) in [6.45, 7) is 1.35. The zero-order chi connectivity index (χ0) is 28.3. The van der Waals surface area contributed by atoms with Crippen molar-refractivity contribution in [1.29, 1.82) is 0 Å². The molecule has 2 N–H and O–H groups in total. The number of piperidine rings is 1. The number of aromatic amines is 1. The van der Waals surface area contributed by atoms with Crippen LogP contribution in [0.15, 0.2) is 71.6 Å². The number of amides is 2. The fourth-order valence-electron chi connectivity index (χ4n) is 4.70. The fourth-order valence-corrected chi connectivity index (χ4v) is 6.72. The number of hydrogen-bond acceptors (Lipinski definition) is 6. The molecule has 12 heteroatoms. The van der Waals surface area contributed by atoms with Gasteiger partial charge in [0.15, 0.2) is 0 Å². The number of rotatable bonds is 8. The van der Waals surface area contributed by atoms with E-state index in [1.54, 1.807) is 6.07 Å². The van der Waals surface area contributed by atoms with Crippen LogP contribution < -0.4 is 9.50 Å². The highest BCUT2D eigenvalue weighted by Crippen LogP contribution is 2.32. The minimum atomic E-state index is -4.29. The quantitative estimate of drug-likeness (QED) is 0.242. The van der Waals surface area contributed by atoms with Crippen LogP contribution in [-0.4, -0.2) is 48.2 Å². The van der Waals surface area contributed by atoms with Crippen LogP contribution in [0.25, 0.3) is 11.0 Å². The van der Waals surface area contributed by atoms with Crippen LogP contribution in [0.2, 0.25) is 10.0 Å². The zero-order valence-corrected chi connectivity index (χ0v) is 23.6. The second-order valence-electron chi connectivity index (χ2n) is 9.54. The Morgan fingerprint density at radius 1 is 1.00 bits per heavy atom. The van der Waals surface area contributed by atoms with Gasteiger partial charge in [-0.1, -0.05) is 47.5 Å². The largest absolute Gasteiger partial charge is 0.379 e. The smallest absolute Gasteiger partial charge is 0.342 e. The van der Waals surface area contributed by atoms with E-state index in [9.17, 15) is 18.0 Å². The Labute approximate surface area is 241 Å². The van der Waals surface area contributed by atoms with Crippen molar-refractivity contribution < 1.29 is 22.2 Å². The maximum atomic E-state index is 12.8. The summed E-state index contributed by atoms with van der Waals surface area (Å²) in [6, 6.07) is 18.1. The Balaban J connectivity index is 1.14. The van der Waals surface area contributed by atoms with Gasteiger partial charge in [0, 0.05) is 31.1 Å². The van der Waals surface area contributed by atoms with Crippen LogP contribution in [0, 0.1) is 5.92 Å². The molecule has 0 saturated carbocycles. The predicted molar refractivity (Wildman–Crippen MR) is 153 cm³/mol. The summed E-state index contributed by atoms with van der Waals surface area (Å²) in [6.07, 6.45) is 2.72. The summed E-state index contributed by atoms with van der Waals surface area (Å²) in [5.74, 6) is 0.478. The second-order valence-corrected chi connectivity index (χ2v) is 11.8. The number of hydrogen-bond donors (Lipinski definition) is 2. The maximum Gasteiger partial charge on any atom is 0.342 e. The summed E-state index contributed by atoms with van der Waals surface area (Å²) in [5, 5.41) is 2.66. The van der Waals surface area contributed by atoms with E-state index in [2.05, 4.69) is 15.3 Å². The van der Waals surface area contributed by atoms with E-state index in [-0.39, 0.29) is 38.5 Å². The van der Waals surface area contributed by atoms with Gasteiger partial charge in [0.2, 0.25) is 11.9 Å². The van der Waals surface area contributed by atoms with E-state index in [4.69, 9.17) is 27.4 Å². The molecule has 1 saturated heterocycles. The zero-order valence-electron chi connectivity index (χ0n) is 21.3. The van der Waals surface area contributed by atoms with Crippen molar-refractivity contribution in [2.75, 3.05) is 18.4 Å². The normalized spacial score (nSPS) is 14.3. The van der Waals surface area contributed by atoms with E-state index in [0.29, 0.717) is 48.4 Å². The minimum Gasteiger partial charge on any atom is -0.379 e. The first-order chi connectivity index (χ1) is 19.2. The highest BCUT2D eigenvalue weighted by molar-refractivity contribution is 7.87. The summed E-state index contributed by atoms with van der Waals surface area (Å²) < 4.78 is 30.7. The molecule has 2 heterocycles. The lowest BCUT2D eigenvalue weighted by Gasteiger charge is -2.32. The summed E-state index contributed by atoms with van der Waals surface area (Å²) in [4.78, 5) is 34.1. The first-order valence-electron chi connectivity index (χ1n) is 12.7. The molecule has 0 spiro atoms. The summed E-state index contributed by atoms with van der Waals surface area (Å²) in [7, 11) is -4.29. The van der Waals surface area contributed by atoms with Gasteiger partial charge in [0.05, 0.1) is 21.1 Å². The molecule has 9 nitrogen and oxygen atoms in total. The van der Waals surface area contributed by atoms with Crippen molar-refractivity contribution in [1.82, 2.24) is 14.9 Å². The molecule has 4 aromatic rings. The fraction of sp³-hybridized carbons (Fsp3) is 0.250. The first kappa shape index (κ1) is 27.9. The van der Waals surface area contributed by atoms with Crippen molar-refractivity contribution in [3.8, 4) is 5.75 Å². The lowest BCUT2D eigenvalue weighted by atomic mass is 9.91. The molecule has 3 aromatic carbocycles. The number of nitrogens with one attached hydrogen (secondary N) is 2. The monoisotopic (exact) mass is 600 g/mol. The molecule has 0 radical (unpaired) electrons. The Morgan fingerprint density at radius 2 is 1.70 bits per heavy atom. The molecule has 0 bridgehead atoms. The molecule has 0 unspecified atom stereocenters. The van der Waals surface area contributed by atoms with Gasteiger partial charge in [-0.2, -0.15) is 8.42 Å². The lowest BCUT2D eigenvalue weighted by molar-refractivity contribution is -0.116. The number of carbonyl (C=O) groups excluding carboxylic acids is 2. The third kappa shape index (κ3) is 6.41. The Bertz CT molecular complexity index is 1630. The highest BCUT2D eigenvalue weighted by atomic mass is 35.5. The van der Waals surface area contributed by atoms with Gasteiger partial charge in [0.1, 0.15) is 10.6 Å². The maximum absolute atomic E-state index is 12.8. The number of H-pyrrole nitrogens is 1. The molecule has 1 aromatic heterocycles. The molecule has 0 aliphatic carbocycles. The van der Waals surface area contributed by atoms with Crippen LogP contribution in [0.3, 0.4) is 0 Å². The van der Waals surface area contributed by atoms with Crippen molar-refractivity contribution in [2.24, 2.45) is 5.92 Å². The van der Waals surface area contributed by atoms with Gasteiger partial charge in [-0.15, -0.1) is 0 Å². The number of carbonyl (C=O) groups is 2. The van der Waals surface area contributed by atoms with Crippen LogP contribution in [0.4, 0.5) is 5.95 Å². The molecule has 1 aliphatic rings. The molecule has 208 valence electrons. The van der Waals surface area contributed by atoms with E-state index in [1.807, 2.05) is 35.2 Å². The molecular formula is C28H26Cl2N4O5S. The second kappa shape index (κ2) is 11.9. The molecule has 2 amide bonds. The van der Waals surface area contributed by atoms with Crippen molar-refractivity contribution in [3.63, 3.8) is 0 Å². The van der Waals surface area contributed by atoms with Gasteiger partial charge in [-0.25, -0.2) is 4.98 Å². The lowest BCUT2D eigenvalue weighted by Crippen LogP contribution is -2.38. The standard InChI is InChI=1S/C28H26Cl2N4O5S/c29-21-7-4-8-22(30)26(21)40(37,38)39-20-10-11-23-24(17-20)32-28(31-23)33-25(35)12-9-18-13-15-34(16-14-18)27(36)19-5-2-1-3-6-19/h1-8,10-11,17-18H,9,12-16H2,(H2,31,32,33,35). The average molecular weight is 602 g/mol. The summed E-state index contributed by atoms with van der Waals surface area (Å²) >= 11 is 12.1. The highest BCUT2D eigenvalue weighted by Gasteiger charge is 2.25. The first-order valence-corrected chi connectivity index (χ1v) is 14.9. The third-order valence-corrected chi connectivity index (χ3v) is 9.00. The number of benzene rings is 3. The average Bonchev–Trinajstić information content (AvgIpc) is 3.33. The minimum absolute atomic E-state index is 0.0185. The number of halogens is 2. The SMILES string of the molecule is O=C(CCC1CCN(C(=O)c2ccccc2)CC1)Nc1nc2cc(OS(=O)(=O)c3c(Cl)cccc3Cl)ccc2[nH]1. The molecule has 1 aliphatic heterocycles. The van der Waals surface area contributed by atoms with Crippen LogP contribution in [0.5, 0.6) is 5.75 Å². The van der Waals surface area contributed by atoms with Gasteiger partial charge in [0.25, 0.3) is 5.91 Å². The summed E-state index contributed by atoms with van der Waals surface area (Å²) in [5.41, 5.74) is 1.69. The van der Waals surface area contributed by atoms with E-state index in [0.717, 1.165) is 12.8 Å². The van der Waals surface area contributed by atoms with Crippen molar-refractivity contribution in [2.45, 2.75) is 30.6 Å². The van der Waals surface area contributed by atoms with Crippen LogP contribution in [-0.2, 0) is 14.9 Å².